The van der Waals surface area contributed by atoms with Crippen molar-refractivity contribution in [3.8, 4) is 6.07 Å². The van der Waals surface area contributed by atoms with Crippen LogP contribution in [0.2, 0.25) is 0 Å². The zero-order valence-corrected chi connectivity index (χ0v) is 14.9. The molecule has 5 nitrogen and oxygen atoms in total. The lowest BCUT2D eigenvalue weighted by atomic mass is 10.1. The molecule has 0 aliphatic carbocycles. The van der Waals surface area contributed by atoms with Crippen molar-refractivity contribution in [3.63, 3.8) is 0 Å². The van der Waals surface area contributed by atoms with Gasteiger partial charge in [-0.05, 0) is 31.5 Å². The topological polar surface area (TPSA) is 55.2 Å². The van der Waals surface area contributed by atoms with Crippen LogP contribution in [0.4, 0.5) is 11.5 Å². The van der Waals surface area contributed by atoms with Gasteiger partial charge in [0.15, 0.2) is 5.82 Å². The van der Waals surface area contributed by atoms with Gasteiger partial charge in [0, 0.05) is 38.9 Å². The van der Waals surface area contributed by atoms with Crippen molar-refractivity contribution in [2.45, 2.75) is 25.9 Å². The zero-order chi connectivity index (χ0) is 17.7. The molecule has 0 bridgehead atoms. The van der Waals surface area contributed by atoms with Gasteiger partial charge in [-0.15, -0.1) is 0 Å². The monoisotopic (exact) mass is 335 g/mol. The van der Waals surface area contributed by atoms with Crippen LogP contribution in [-0.2, 0) is 6.54 Å². The van der Waals surface area contributed by atoms with Gasteiger partial charge in [-0.1, -0.05) is 30.3 Å². The Bertz CT molecular complexity index is 727. The Labute approximate surface area is 149 Å². The normalized spacial score (nSPS) is 15.6. The Morgan fingerprint density at radius 3 is 2.48 bits per heavy atom. The number of benzene rings is 1. The lowest BCUT2D eigenvalue weighted by molar-refractivity contribution is 0.249. The quantitative estimate of drug-likeness (QED) is 0.910. The maximum absolute atomic E-state index is 9.28. The standard InChI is InChI=1S/C20H25N5/c1-20(2,16-21)23-18-9-6-10-22-19(18)25-13-11-24(12-14-25)15-17-7-4-3-5-8-17/h3-10,23H,11-15H2,1-2H3. The maximum atomic E-state index is 9.28. The van der Waals surface area contributed by atoms with Crippen molar-refractivity contribution in [1.29, 1.82) is 5.26 Å². The molecule has 0 saturated carbocycles. The average molecular weight is 335 g/mol. The SMILES string of the molecule is CC(C)(C#N)Nc1cccnc1N1CCN(Cc2ccccc2)CC1. The molecule has 0 unspecified atom stereocenters. The summed E-state index contributed by atoms with van der Waals surface area (Å²) in [6, 6.07) is 16.8. The smallest absolute Gasteiger partial charge is 0.152 e. The summed E-state index contributed by atoms with van der Waals surface area (Å²) >= 11 is 0. The predicted octanol–water partition coefficient (Wildman–Crippen LogP) is 3.12. The van der Waals surface area contributed by atoms with Crippen LogP contribution in [0.3, 0.4) is 0 Å². The summed E-state index contributed by atoms with van der Waals surface area (Å²) in [6.45, 7) is 8.63. The van der Waals surface area contributed by atoms with Crippen molar-refractivity contribution in [2.75, 3.05) is 36.4 Å². The summed E-state index contributed by atoms with van der Waals surface area (Å²) < 4.78 is 0. The summed E-state index contributed by atoms with van der Waals surface area (Å²) in [4.78, 5) is 9.34. The molecule has 1 fully saturated rings. The molecule has 1 aromatic heterocycles. The van der Waals surface area contributed by atoms with E-state index in [2.05, 4.69) is 56.5 Å². The van der Waals surface area contributed by atoms with Gasteiger partial charge in [-0.3, -0.25) is 4.90 Å². The number of hydrogen-bond acceptors (Lipinski definition) is 5. The number of anilines is 2. The van der Waals surface area contributed by atoms with Crippen LogP contribution >= 0.6 is 0 Å². The van der Waals surface area contributed by atoms with E-state index < -0.39 is 5.54 Å². The number of nitriles is 1. The minimum Gasteiger partial charge on any atom is -0.365 e. The first-order chi connectivity index (χ1) is 12.1. The lowest BCUT2D eigenvalue weighted by Gasteiger charge is -2.36. The molecule has 1 aliphatic rings. The highest BCUT2D eigenvalue weighted by Crippen LogP contribution is 2.26. The van der Waals surface area contributed by atoms with Gasteiger partial charge in [-0.2, -0.15) is 5.26 Å². The molecule has 1 N–H and O–H groups in total. The average Bonchev–Trinajstić information content (AvgIpc) is 2.64. The molecule has 0 atom stereocenters. The van der Waals surface area contributed by atoms with Crippen molar-refractivity contribution in [2.24, 2.45) is 0 Å². The fraction of sp³-hybridized carbons (Fsp3) is 0.400. The van der Waals surface area contributed by atoms with Gasteiger partial charge >= 0.3 is 0 Å². The Kier molecular flexibility index (Phi) is 5.20. The Balaban J connectivity index is 1.64. The van der Waals surface area contributed by atoms with Crippen molar-refractivity contribution in [1.82, 2.24) is 9.88 Å². The highest BCUT2D eigenvalue weighted by Gasteiger charge is 2.23. The van der Waals surface area contributed by atoms with Gasteiger partial charge in [0.05, 0.1) is 11.8 Å². The van der Waals surface area contributed by atoms with Gasteiger partial charge < -0.3 is 10.2 Å². The highest BCUT2D eigenvalue weighted by atomic mass is 15.3. The van der Waals surface area contributed by atoms with E-state index >= 15 is 0 Å². The van der Waals surface area contributed by atoms with Crippen LogP contribution in [0, 0.1) is 11.3 Å². The fourth-order valence-electron chi connectivity index (χ4n) is 3.07. The minimum absolute atomic E-state index is 0.618. The molecule has 1 aliphatic heterocycles. The van der Waals surface area contributed by atoms with Crippen LogP contribution in [-0.4, -0.2) is 41.6 Å². The molecule has 25 heavy (non-hydrogen) atoms. The van der Waals surface area contributed by atoms with Crippen molar-refractivity contribution in [3.05, 3.63) is 54.2 Å². The number of aromatic nitrogens is 1. The number of nitrogens with one attached hydrogen (secondary N) is 1. The third-order valence-electron chi connectivity index (χ3n) is 4.43. The third-order valence-corrected chi connectivity index (χ3v) is 4.43. The Morgan fingerprint density at radius 2 is 1.80 bits per heavy atom. The lowest BCUT2D eigenvalue weighted by Crippen LogP contribution is -2.46. The van der Waals surface area contributed by atoms with Gasteiger partial charge in [0.25, 0.3) is 0 Å². The van der Waals surface area contributed by atoms with E-state index in [0.717, 1.165) is 44.2 Å². The summed E-state index contributed by atoms with van der Waals surface area (Å²) in [5.74, 6) is 0.935. The summed E-state index contributed by atoms with van der Waals surface area (Å²) in [5.41, 5.74) is 1.66. The van der Waals surface area contributed by atoms with Crippen molar-refractivity contribution < 1.29 is 0 Å². The zero-order valence-electron chi connectivity index (χ0n) is 14.9. The number of piperazine rings is 1. The maximum Gasteiger partial charge on any atom is 0.152 e. The van der Waals surface area contributed by atoms with Gasteiger partial charge in [0.1, 0.15) is 5.54 Å². The molecular weight excluding hydrogens is 310 g/mol. The second kappa shape index (κ2) is 7.54. The van der Waals surface area contributed by atoms with Crippen molar-refractivity contribution >= 4 is 11.5 Å². The van der Waals surface area contributed by atoms with Crippen LogP contribution < -0.4 is 10.2 Å². The van der Waals surface area contributed by atoms with Crippen LogP contribution in [0.15, 0.2) is 48.7 Å². The molecule has 1 saturated heterocycles. The number of hydrogen-bond donors (Lipinski definition) is 1. The third kappa shape index (κ3) is 4.49. The Hall–Kier alpha value is -2.58. The van der Waals surface area contributed by atoms with E-state index in [1.54, 1.807) is 0 Å². The van der Waals surface area contributed by atoms with E-state index in [1.807, 2.05) is 32.2 Å². The van der Waals surface area contributed by atoms with Crippen LogP contribution in [0.1, 0.15) is 19.4 Å². The number of pyridine rings is 1. The molecule has 5 heteroatoms. The number of rotatable bonds is 5. The molecule has 130 valence electrons. The Morgan fingerprint density at radius 1 is 1.08 bits per heavy atom. The fourth-order valence-corrected chi connectivity index (χ4v) is 3.07. The van der Waals surface area contributed by atoms with Crippen LogP contribution in [0.5, 0.6) is 0 Å². The van der Waals surface area contributed by atoms with Gasteiger partial charge in [0.2, 0.25) is 0 Å². The van der Waals surface area contributed by atoms with Gasteiger partial charge in [-0.25, -0.2) is 4.98 Å². The first kappa shape index (κ1) is 17.2. The van der Waals surface area contributed by atoms with E-state index in [-0.39, 0.29) is 0 Å². The molecule has 2 heterocycles. The molecule has 3 rings (SSSR count). The number of nitrogens with zero attached hydrogens (tertiary/aromatic N) is 4. The second-order valence-electron chi connectivity index (χ2n) is 6.99. The predicted molar refractivity (Wildman–Crippen MR) is 101 cm³/mol. The first-order valence-electron chi connectivity index (χ1n) is 8.73. The molecule has 2 aromatic rings. The second-order valence-corrected chi connectivity index (χ2v) is 6.99. The summed E-state index contributed by atoms with van der Waals surface area (Å²) in [6.07, 6.45) is 1.82. The molecule has 1 aromatic carbocycles. The van der Waals surface area contributed by atoms with E-state index in [9.17, 15) is 5.26 Å². The highest BCUT2D eigenvalue weighted by molar-refractivity contribution is 5.67. The van der Waals surface area contributed by atoms with E-state index in [0.29, 0.717) is 0 Å². The molecular formula is C20H25N5. The van der Waals surface area contributed by atoms with E-state index in [1.165, 1.54) is 5.56 Å². The molecule has 0 amide bonds. The minimum atomic E-state index is -0.618. The largest absolute Gasteiger partial charge is 0.365 e. The summed E-state index contributed by atoms with van der Waals surface area (Å²) in [5, 5.41) is 12.6. The van der Waals surface area contributed by atoms with E-state index in [4.69, 9.17) is 0 Å². The molecule has 0 radical (unpaired) electrons. The first-order valence-corrected chi connectivity index (χ1v) is 8.73. The summed E-state index contributed by atoms with van der Waals surface area (Å²) in [7, 11) is 0. The molecule has 0 spiro atoms. The van der Waals surface area contributed by atoms with Crippen LogP contribution in [0.25, 0.3) is 0 Å².